The number of piperidine rings is 1. The van der Waals surface area contributed by atoms with Crippen molar-refractivity contribution < 1.29 is 14.3 Å². The molecule has 2 saturated heterocycles. The predicted octanol–water partition coefficient (Wildman–Crippen LogP) is 2.63. The molecule has 5 rings (SSSR count). The van der Waals surface area contributed by atoms with E-state index in [4.69, 9.17) is 0 Å². The van der Waals surface area contributed by atoms with Gasteiger partial charge in [-0.2, -0.15) is 0 Å². The third kappa shape index (κ3) is 3.90. The van der Waals surface area contributed by atoms with Crippen LogP contribution in [0, 0.1) is 9.39 Å². The zero-order valence-corrected chi connectivity index (χ0v) is 20.0. The summed E-state index contributed by atoms with van der Waals surface area (Å²) in [4.78, 5) is 15.1. The zero-order chi connectivity index (χ0) is 22.5. The minimum absolute atomic E-state index is 0.0180. The molecule has 1 atom stereocenters. The standard InChI is InChI=1S/C23H25FIN5O2/c1-29-20-11-17(22(31)30-12-23(32,13-30)21-4-2-3-7-26-21)15(9-19(20)27-28-29)8-14-5-6-16(25)10-18(14)24/h5-6,9-11,21,26,32H,2-4,7-8,12-13H2,1H3/t21-/m0/s1. The van der Waals surface area contributed by atoms with Crippen LogP contribution in [0.1, 0.15) is 40.7 Å². The number of rotatable bonds is 4. The Morgan fingerprint density at radius 3 is 2.81 bits per heavy atom. The molecule has 2 N–H and O–H groups in total. The number of aryl methyl sites for hydroxylation is 1. The van der Waals surface area contributed by atoms with E-state index in [1.54, 1.807) is 28.8 Å². The van der Waals surface area contributed by atoms with Gasteiger partial charge in [0.1, 0.15) is 16.9 Å². The molecule has 0 unspecified atom stereocenters. The quantitative estimate of drug-likeness (QED) is 0.490. The third-order valence-electron chi connectivity index (χ3n) is 6.64. The number of nitrogens with one attached hydrogen (secondary N) is 1. The van der Waals surface area contributed by atoms with Gasteiger partial charge in [0, 0.05) is 28.6 Å². The second-order valence-corrected chi connectivity index (χ2v) is 10.1. The number of carbonyl (C=O) groups is 1. The van der Waals surface area contributed by atoms with E-state index in [2.05, 4.69) is 38.2 Å². The van der Waals surface area contributed by atoms with Gasteiger partial charge in [-0.15, -0.1) is 5.10 Å². The van der Waals surface area contributed by atoms with Crippen molar-refractivity contribution in [2.45, 2.75) is 37.3 Å². The highest BCUT2D eigenvalue weighted by Gasteiger charge is 2.49. The van der Waals surface area contributed by atoms with Crippen LogP contribution in [-0.4, -0.2) is 62.2 Å². The maximum absolute atomic E-state index is 14.6. The molecule has 168 valence electrons. The van der Waals surface area contributed by atoms with Gasteiger partial charge in [-0.3, -0.25) is 4.79 Å². The molecule has 0 saturated carbocycles. The van der Waals surface area contributed by atoms with Crippen LogP contribution in [0.2, 0.25) is 0 Å². The molecular weight excluding hydrogens is 524 g/mol. The van der Waals surface area contributed by atoms with Crippen molar-refractivity contribution >= 4 is 39.5 Å². The van der Waals surface area contributed by atoms with Crippen LogP contribution in [-0.2, 0) is 13.5 Å². The molecule has 0 radical (unpaired) electrons. The van der Waals surface area contributed by atoms with Gasteiger partial charge in [-0.25, -0.2) is 9.07 Å². The van der Waals surface area contributed by atoms with Crippen LogP contribution in [0.4, 0.5) is 4.39 Å². The summed E-state index contributed by atoms with van der Waals surface area (Å²) in [5.74, 6) is -0.453. The highest BCUT2D eigenvalue weighted by atomic mass is 127. The van der Waals surface area contributed by atoms with Crippen molar-refractivity contribution in [3.8, 4) is 0 Å². The van der Waals surface area contributed by atoms with Crippen LogP contribution in [0.15, 0.2) is 30.3 Å². The second kappa shape index (κ2) is 8.35. The van der Waals surface area contributed by atoms with Crippen molar-refractivity contribution in [3.05, 3.63) is 56.4 Å². The molecule has 2 fully saturated rings. The summed E-state index contributed by atoms with van der Waals surface area (Å²) >= 11 is 2.08. The normalized spacial score (nSPS) is 20.4. The molecule has 1 amide bonds. The van der Waals surface area contributed by atoms with Crippen LogP contribution in [0.5, 0.6) is 0 Å². The van der Waals surface area contributed by atoms with Crippen molar-refractivity contribution in [1.29, 1.82) is 0 Å². The van der Waals surface area contributed by atoms with E-state index in [1.807, 2.05) is 12.1 Å². The number of halogens is 2. The van der Waals surface area contributed by atoms with Crippen LogP contribution in [0.25, 0.3) is 11.0 Å². The molecule has 9 heteroatoms. The summed E-state index contributed by atoms with van der Waals surface area (Å²) in [6, 6.07) is 8.72. The maximum atomic E-state index is 14.6. The summed E-state index contributed by atoms with van der Waals surface area (Å²) in [6.07, 6.45) is 3.40. The van der Waals surface area contributed by atoms with Gasteiger partial charge in [0.25, 0.3) is 5.91 Å². The Labute approximate surface area is 199 Å². The number of benzene rings is 2. The van der Waals surface area contributed by atoms with Gasteiger partial charge < -0.3 is 15.3 Å². The fraction of sp³-hybridized carbons (Fsp3) is 0.435. The van der Waals surface area contributed by atoms with E-state index in [1.165, 1.54) is 6.07 Å². The maximum Gasteiger partial charge on any atom is 0.254 e. The third-order valence-corrected chi connectivity index (χ3v) is 7.31. The predicted molar refractivity (Wildman–Crippen MR) is 127 cm³/mol. The van der Waals surface area contributed by atoms with E-state index in [-0.39, 0.29) is 24.2 Å². The highest BCUT2D eigenvalue weighted by Crippen LogP contribution is 2.32. The summed E-state index contributed by atoms with van der Waals surface area (Å²) in [5.41, 5.74) is 2.24. The number of amides is 1. The van der Waals surface area contributed by atoms with Gasteiger partial charge >= 0.3 is 0 Å². The fourth-order valence-electron chi connectivity index (χ4n) is 4.80. The Hall–Kier alpha value is -2.11. The van der Waals surface area contributed by atoms with Crippen molar-refractivity contribution in [3.63, 3.8) is 0 Å². The van der Waals surface area contributed by atoms with Gasteiger partial charge in [-0.1, -0.05) is 17.7 Å². The number of fused-ring (bicyclic) bond motifs is 1. The first-order chi connectivity index (χ1) is 15.3. The van der Waals surface area contributed by atoms with E-state index in [9.17, 15) is 14.3 Å². The monoisotopic (exact) mass is 549 g/mol. The lowest BCUT2D eigenvalue weighted by atomic mass is 9.81. The number of nitrogens with zero attached hydrogens (tertiary/aromatic N) is 4. The molecule has 3 heterocycles. The Balaban J connectivity index is 1.45. The molecule has 0 bridgehead atoms. The first-order valence-electron chi connectivity index (χ1n) is 10.9. The molecule has 0 aliphatic carbocycles. The Morgan fingerprint density at radius 2 is 2.09 bits per heavy atom. The first-order valence-corrected chi connectivity index (χ1v) is 11.9. The fourth-order valence-corrected chi connectivity index (χ4v) is 5.25. The summed E-state index contributed by atoms with van der Waals surface area (Å²) < 4.78 is 17.0. The average Bonchev–Trinajstić information content (AvgIpc) is 3.12. The largest absolute Gasteiger partial charge is 0.385 e. The lowest BCUT2D eigenvalue weighted by Crippen LogP contribution is -2.72. The van der Waals surface area contributed by atoms with Crippen molar-refractivity contribution in [2.75, 3.05) is 19.6 Å². The van der Waals surface area contributed by atoms with E-state index >= 15 is 0 Å². The number of hydrogen-bond donors (Lipinski definition) is 2. The molecule has 32 heavy (non-hydrogen) atoms. The molecule has 3 aromatic rings. The molecule has 7 nitrogen and oxygen atoms in total. The Kier molecular flexibility index (Phi) is 5.67. The van der Waals surface area contributed by atoms with E-state index in [0.717, 1.165) is 34.9 Å². The van der Waals surface area contributed by atoms with Crippen molar-refractivity contribution in [2.24, 2.45) is 7.05 Å². The molecule has 0 spiro atoms. The number of likely N-dealkylation sites (tertiary alicyclic amines) is 1. The van der Waals surface area contributed by atoms with Gasteiger partial charge in [0.15, 0.2) is 0 Å². The van der Waals surface area contributed by atoms with Crippen LogP contribution in [0.3, 0.4) is 0 Å². The smallest absolute Gasteiger partial charge is 0.254 e. The van der Waals surface area contributed by atoms with Gasteiger partial charge in [0.05, 0.1) is 18.6 Å². The SMILES string of the molecule is Cn1nnc2cc(Cc3ccc(I)cc3F)c(C(=O)N3CC(O)([C@@H]4CCCCN4)C3)cc21. The van der Waals surface area contributed by atoms with E-state index < -0.39 is 5.60 Å². The lowest BCUT2D eigenvalue weighted by Gasteiger charge is -2.51. The second-order valence-electron chi connectivity index (χ2n) is 8.89. The first kappa shape index (κ1) is 21.7. The molecule has 2 aliphatic rings. The lowest BCUT2D eigenvalue weighted by molar-refractivity contribution is -0.108. The van der Waals surface area contributed by atoms with Gasteiger partial charge in [0.2, 0.25) is 0 Å². The molecule has 2 aromatic carbocycles. The van der Waals surface area contributed by atoms with Gasteiger partial charge in [-0.05, 0) is 77.4 Å². The number of hydrogen-bond acceptors (Lipinski definition) is 5. The van der Waals surface area contributed by atoms with E-state index in [0.29, 0.717) is 35.3 Å². The summed E-state index contributed by atoms with van der Waals surface area (Å²) in [5, 5.41) is 22.6. The topological polar surface area (TPSA) is 83.3 Å². The number of aliphatic hydroxyl groups is 1. The molecule has 1 aromatic heterocycles. The highest BCUT2D eigenvalue weighted by molar-refractivity contribution is 14.1. The minimum atomic E-state index is -0.892. The van der Waals surface area contributed by atoms with Crippen LogP contribution >= 0.6 is 22.6 Å². The number of carbonyl (C=O) groups excluding carboxylic acids is 1. The Bertz CT molecular complexity index is 1180. The molecular formula is C23H25FIN5O2. The average molecular weight is 549 g/mol. The van der Waals surface area contributed by atoms with Crippen LogP contribution < -0.4 is 5.32 Å². The summed E-state index contributed by atoms with van der Waals surface area (Å²) in [6.45, 7) is 1.49. The minimum Gasteiger partial charge on any atom is -0.385 e. The Morgan fingerprint density at radius 1 is 1.28 bits per heavy atom. The zero-order valence-electron chi connectivity index (χ0n) is 17.8. The summed E-state index contributed by atoms with van der Waals surface area (Å²) in [7, 11) is 1.78. The van der Waals surface area contributed by atoms with Crippen molar-refractivity contribution in [1.82, 2.24) is 25.2 Å². The number of aromatic nitrogens is 3. The number of β-amino-alcohol motifs (C(OH)–C–C–N with tert-alkyl or cyclic N) is 1. The molecule has 2 aliphatic heterocycles.